The molecule has 1 aliphatic heterocycles. The molecule has 190 valence electrons. The minimum Gasteiger partial charge on any atom is -0.462 e. The fourth-order valence-corrected chi connectivity index (χ4v) is 3.64. The normalized spacial score (nSPS) is 14.9. The lowest BCUT2D eigenvalue weighted by atomic mass is 10.1. The zero-order chi connectivity index (χ0) is 26.1. The molecule has 1 atom stereocenters. The number of nitro benzene ring substituents is 1. The molecule has 11 heteroatoms. The average molecular weight is 498 g/mol. The number of nitrogens with zero attached hydrogens (tertiary/aromatic N) is 2. The summed E-state index contributed by atoms with van der Waals surface area (Å²) in [6.07, 6.45) is 2.73. The van der Waals surface area contributed by atoms with Gasteiger partial charge in [0.1, 0.15) is 0 Å². The van der Waals surface area contributed by atoms with Crippen molar-refractivity contribution in [3.8, 4) is 0 Å². The maximum absolute atomic E-state index is 12.5. The second-order valence-electron chi connectivity index (χ2n) is 8.26. The highest BCUT2D eigenvalue weighted by Crippen LogP contribution is 2.26. The molecule has 0 aliphatic carbocycles. The quantitative estimate of drug-likeness (QED) is 0.215. The van der Waals surface area contributed by atoms with E-state index < -0.39 is 35.3 Å². The van der Waals surface area contributed by atoms with E-state index in [1.807, 2.05) is 0 Å². The molecule has 0 spiro atoms. The Morgan fingerprint density at radius 1 is 1.11 bits per heavy atom. The molecule has 1 N–H and O–H groups in total. The van der Waals surface area contributed by atoms with Crippen LogP contribution < -0.4 is 10.2 Å². The third kappa shape index (κ3) is 7.11. The van der Waals surface area contributed by atoms with Crippen molar-refractivity contribution in [2.75, 3.05) is 30.0 Å². The number of unbranched alkanes of at least 4 members (excludes halogenated alkanes) is 2. The van der Waals surface area contributed by atoms with Gasteiger partial charge >= 0.3 is 11.9 Å². The molecular formula is C25H27N3O8. The van der Waals surface area contributed by atoms with Crippen LogP contribution >= 0.6 is 0 Å². The van der Waals surface area contributed by atoms with Gasteiger partial charge in [0, 0.05) is 36.5 Å². The Hall–Kier alpha value is -4.28. The molecule has 0 aromatic heterocycles. The van der Waals surface area contributed by atoms with Gasteiger partial charge in [-0.25, -0.2) is 4.79 Å². The highest BCUT2D eigenvalue weighted by Gasteiger charge is 2.36. The van der Waals surface area contributed by atoms with Crippen LogP contribution in [-0.2, 0) is 23.9 Å². The first kappa shape index (κ1) is 26.3. The second kappa shape index (κ2) is 12.4. The molecule has 2 amide bonds. The van der Waals surface area contributed by atoms with Crippen molar-refractivity contribution in [1.82, 2.24) is 0 Å². The van der Waals surface area contributed by atoms with Crippen LogP contribution in [0.2, 0.25) is 0 Å². The van der Waals surface area contributed by atoms with E-state index in [0.717, 1.165) is 19.3 Å². The Morgan fingerprint density at radius 2 is 1.86 bits per heavy atom. The number of carbonyl (C=O) groups excluding carboxylic acids is 4. The summed E-state index contributed by atoms with van der Waals surface area (Å²) >= 11 is 0. The van der Waals surface area contributed by atoms with Gasteiger partial charge in [0.2, 0.25) is 5.91 Å². The minimum absolute atomic E-state index is 0.0744. The van der Waals surface area contributed by atoms with E-state index in [2.05, 4.69) is 12.2 Å². The minimum atomic E-state index is -0.758. The number of amides is 2. The van der Waals surface area contributed by atoms with E-state index in [9.17, 15) is 29.3 Å². The maximum Gasteiger partial charge on any atom is 0.338 e. The molecule has 11 nitrogen and oxygen atoms in total. The van der Waals surface area contributed by atoms with Crippen LogP contribution in [0.3, 0.4) is 0 Å². The number of rotatable bonds is 11. The fraction of sp³-hybridized carbons (Fsp3) is 0.360. The van der Waals surface area contributed by atoms with Crippen LogP contribution in [-0.4, -0.2) is 48.4 Å². The molecule has 1 fully saturated rings. The van der Waals surface area contributed by atoms with Crippen molar-refractivity contribution in [1.29, 1.82) is 0 Å². The van der Waals surface area contributed by atoms with Crippen molar-refractivity contribution in [3.05, 3.63) is 64.2 Å². The SMILES string of the molecule is CCCCCOC(=O)c1ccc(N2C[C@H](C(=O)OCC(=O)Nc3cccc([N+](=O)[O-])c3)CC2=O)cc1. The third-order valence-electron chi connectivity index (χ3n) is 5.54. The number of hydrogen-bond acceptors (Lipinski definition) is 8. The molecular weight excluding hydrogens is 470 g/mol. The molecule has 0 unspecified atom stereocenters. The molecule has 2 aromatic carbocycles. The standard InChI is InChI=1S/C25H27N3O8/c1-2-3-4-12-35-24(31)17-8-10-20(11-9-17)27-15-18(13-23(27)30)25(32)36-16-22(29)26-19-6-5-7-21(14-19)28(33)34/h5-11,14,18H,2-4,12-13,15-16H2,1H3,(H,26,29)/t18-/m1/s1. The number of esters is 2. The smallest absolute Gasteiger partial charge is 0.338 e. The highest BCUT2D eigenvalue weighted by molar-refractivity contribution is 6.00. The van der Waals surface area contributed by atoms with Crippen molar-refractivity contribution in [2.45, 2.75) is 32.6 Å². The van der Waals surface area contributed by atoms with Crippen LogP contribution in [0, 0.1) is 16.0 Å². The van der Waals surface area contributed by atoms with Gasteiger partial charge in [-0.3, -0.25) is 24.5 Å². The van der Waals surface area contributed by atoms with Gasteiger partial charge in [0.25, 0.3) is 11.6 Å². The number of non-ortho nitro benzene ring substituents is 1. The number of carbonyl (C=O) groups is 4. The van der Waals surface area contributed by atoms with Gasteiger partial charge in [-0.2, -0.15) is 0 Å². The first-order chi connectivity index (χ1) is 17.3. The predicted molar refractivity (Wildman–Crippen MR) is 129 cm³/mol. The van der Waals surface area contributed by atoms with Crippen LogP contribution in [0.15, 0.2) is 48.5 Å². The van der Waals surface area contributed by atoms with Gasteiger partial charge in [-0.15, -0.1) is 0 Å². The van der Waals surface area contributed by atoms with Crippen LogP contribution in [0.5, 0.6) is 0 Å². The lowest BCUT2D eigenvalue weighted by molar-refractivity contribution is -0.384. The molecule has 0 bridgehead atoms. The van der Waals surface area contributed by atoms with Gasteiger partial charge in [0.05, 0.1) is 23.0 Å². The maximum atomic E-state index is 12.5. The zero-order valence-electron chi connectivity index (χ0n) is 19.8. The van der Waals surface area contributed by atoms with E-state index in [-0.39, 0.29) is 30.2 Å². The van der Waals surface area contributed by atoms with Gasteiger partial charge in [-0.05, 0) is 36.8 Å². The topological polar surface area (TPSA) is 145 Å². The summed E-state index contributed by atoms with van der Waals surface area (Å²) in [7, 11) is 0. The molecule has 1 heterocycles. The fourth-order valence-electron chi connectivity index (χ4n) is 3.64. The van der Waals surface area contributed by atoms with E-state index in [1.165, 1.54) is 29.2 Å². The third-order valence-corrected chi connectivity index (χ3v) is 5.54. The Labute approximate surface area is 207 Å². The Balaban J connectivity index is 1.49. The molecule has 1 saturated heterocycles. The summed E-state index contributed by atoms with van der Waals surface area (Å²) in [5.41, 5.74) is 0.904. The van der Waals surface area contributed by atoms with E-state index >= 15 is 0 Å². The van der Waals surface area contributed by atoms with Gasteiger partial charge in [0.15, 0.2) is 6.61 Å². The molecule has 1 aliphatic rings. The monoisotopic (exact) mass is 497 g/mol. The van der Waals surface area contributed by atoms with E-state index in [0.29, 0.717) is 17.9 Å². The Morgan fingerprint density at radius 3 is 2.56 bits per heavy atom. The Bertz CT molecular complexity index is 1130. The number of nitro groups is 1. The van der Waals surface area contributed by atoms with Crippen molar-refractivity contribution >= 4 is 40.8 Å². The molecule has 2 aromatic rings. The van der Waals surface area contributed by atoms with Crippen molar-refractivity contribution < 1.29 is 33.6 Å². The molecule has 0 saturated carbocycles. The lowest BCUT2D eigenvalue weighted by Crippen LogP contribution is -2.28. The lowest BCUT2D eigenvalue weighted by Gasteiger charge is -2.17. The molecule has 0 radical (unpaired) electrons. The summed E-state index contributed by atoms with van der Waals surface area (Å²) in [5, 5.41) is 13.3. The summed E-state index contributed by atoms with van der Waals surface area (Å²) < 4.78 is 10.3. The summed E-state index contributed by atoms with van der Waals surface area (Å²) in [5.74, 6) is -2.84. The number of benzene rings is 2. The zero-order valence-corrected chi connectivity index (χ0v) is 19.8. The van der Waals surface area contributed by atoms with Gasteiger partial charge in [-0.1, -0.05) is 25.8 Å². The molecule has 3 rings (SSSR count). The first-order valence-electron chi connectivity index (χ1n) is 11.6. The summed E-state index contributed by atoms with van der Waals surface area (Å²) in [4.78, 5) is 60.7. The van der Waals surface area contributed by atoms with Crippen LogP contribution in [0.1, 0.15) is 43.0 Å². The predicted octanol–water partition coefficient (Wildman–Crippen LogP) is 3.48. The average Bonchev–Trinajstić information content (AvgIpc) is 3.27. The Kier molecular flexibility index (Phi) is 9.09. The van der Waals surface area contributed by atoms with Crippen molar-refractivity contribution in [3.63, 3.8) is 0 Å². The summed E-state index contributed by atoms with van der Waals surface area (Å²) in [6.45, 7) is 1.89. The highest BCUT2D eigenvalue weighted by atomic mass is 16.6. The number of ether oxygens (including phenoxy) is 2. The largest absolute Gasteiger partial charge is 0.462 e. The van der Waals surface area contributed by atoms with E-state index in [4.69, 9.17) is 9.47 Å². The first-order valence-corrected chi connectivity index (χ1v) is 11.6. The number of anilines is 2. The number of hydrogen-bond donors (Lipinski definition) is 1. The van der Waals surface area contributed by atoms with Crippen molar-refractivity contribution in [2.24, 2.45) is 5.92 Å². The number of nitrogens with one attached hydrogen (secondary N) is 1. The van der Waals surface area contributed by atoms with E-state index in [1.54, 1.807) is 24.3 Å². The molecule has 36 heavy (non-hydrogen) atoms. The van der Waals surface area contributed by atoms with Crippen LogP contribution in [0.4, 0.5) is 17.1 Å². The summed E-state index contributed by atoms with van der Waals surface area (Å²) in [6, 6.07) is 11.7. The van der Waals surface area contributed by atoms with Gasteiger partial charge < -0.3 is 19.7 Å². The second-order valence-corrected chi connectivity index (χ2v) is 8.26. The van der Waals surface area contributed by atoms with Crippen LogP contribution in [0.25, 0.3) is 0 Å².